The van der Waals surface area contributed by atoms with Gasteiger partial charge in [-0.15, -0.1) is 0 Å². The average Bonchev–Trinajstić information content (AvgIpc) is 2.30. The van der Waals surface area contributed by atoms with E-state index in [-0.39, 0.29) is 0 Å². The molecule has 1 aromatic carbocycles. The highest BCUT2D eigenvalue weighted by Gasteiger charge is 2.26. The first-order chi connectivity index (χ1) is 6.90. The van der Waals surface area contributed by atoms with E-state index in [1.54, 1.807) is 6.08 Å². The zero-order valence-electron chi connectivity index (χ0n) is 7.55. The fourth-order valence-electron chi connectivity index (χ4n) is 1.17. The van der Waals surface area contributed by atoms with Crippen LogP contribution in [0.4, 0.5) is 0 Å². The predicted octanol–water partition coefficient (Wildman–Crippen LogP) is 0.157. The van der Waals surface area contributed by atoms with Crippen LogP contribution in [0.2, 0.25) is 0 Å². The standard InChI is InChI=1S/C8H7B3O3/c1-2-7-3-5-8(6-4-7)11-13-9-12-10-14-11/h2-6H,1H2. The zero-order valence-corrected chi connectivity index (χ0v) is 7.55. The second-order valence-electron chi connectivity index (χ2n) is 2.80. The Labute approximate surface area is 84.8 Å². The van der Waals surface area contributed by atoms with Gasteiger partial charge in [0, 0.05) is 0 Å². The molecular weight excluding hydrogens is 177 g/mol. The molecule has 1 fully saturated rings. The summed E-state index contributed by atoms with van der Waals surface area (Å²) in [6.45, 7) is 3.68. The van der Waals surface area contributed by atoms with Crippen LogP contribution in [0.25, 0.3) is 6.08 Å². The van der Waals surface area contributed by atoms with Crippen molar-refractivity contribution in [3.05, 3.63) is 36.4 Å². The van der Waals surface area contributed by atoms with E-state index in [4.69, 9.17) is 9.14 Å². The second kappa shape index (κ2) is 4.51. The first-order valence-corrected chi connectivity index (χ1v) is 4.22. The quantitative estimate of drug-likeness (QED) is 0.612. The fourth-order valence-corrected chi connectivity index (χ4v) is 1.17. The highest BCUT2D eigenvalue weighted by molar-refractivity contribution is 6.71. The third-order valence-electron chi connectivity index (χ3n) is 1.91. The molecule has 0 amide bonds. The van der Waals surface area contributed by atoms with Gasteiger partial charge in [0.15, 0.2) is 0 Å². The summed E-state index contributed by atoms with van der Waals surface area (Å²) >= 11 is 0. The molecule has 1 aromatic rings. The maximum Gasteiger partial charge on any atom is 0.465 e. The highest BCUT2D eigenvalue weighted by Crippen LogP contribution is 2.01. The number of benzene rings is 1. The highest BCUT2D eigenvalue weighted by atomic mass is 16.7. The molecule has 66 valence electrons. The van der Waals surface area contributed by atoms with Crippen LogP contribution in [-0.4, -0.2) is 22.5 Å². The van der Waals surface area contributed by atoms with Crippen molar-refractivity contribution in [2.75, 3.05) is 0 Å². The molecule has 0 saturated carbocycles. The molecular formula is C8H7B3O3. The van der Waals surface area contributed by atoms with Crippen LogP contribution in [0.3, 0.4) is 0 Å². The molecule has 0 spiro atoms. The largest absolute Gasteiger partial charge is 0.465 e. The van der Waals surface area contributed by atoms with Crippen LogP contribution in [-0.2, 0) is 13.7 Å². The van der Waals surface area contributed by atoms with Gasteiger partial charge in [-0.05, 0) is 11.0 Å². The normalized spacial score (nSPS) is 15.6. The maximum atomic E-state index is 5.11. The van der Waals surface area contributed by atoms with E-state index >= 15 is 0 Å². The lowest BCUT2D eigenvalue weighted by Gasteiger charge is -2.18. The van der Waals surface area contributed by atoms with Crippen LogP contribution in [0.5, 0.6) is 0 Å². The maximum absolute atomic E-state index is 5.11. The lowest BCUT2D eigenvalue weighted by molar-refractivity contribution is 0.334. The van der Waals surface area contributed by atoms with E-state index in [9.17, 15) is 0 Å². The van der Waals surface area contributed by atoms with Gasteiger partial charge in [-0.1, -0.05) is 36.9 Å². The van der Waals surface area contributed by atoms with E-state index in [1.165, 1.54) is 15.4 Å². The summed E-state index contributed by atoms with van der Waals surface area (Å²) in [6.07, 6.45) is 1.79. The molecule has 0 aliphatic carbocycles. The molecule has 2 radical (unpaired) electrons. The summed E-state index contributed by atoms with van der Waals surface area (Å²) in [5, 5.41) is 0. The Kier molecular flexibility index (Phi) is 3.08. The molecule has 3 nitrogen and oxygen atoms in total. The number of hydrogen-bond donors (Lipinski definition) is 0. The van der Waals surface area contributed by atoms with Crippen LogP contribution >= 0.6 is 0 Å². The Bertz CT molecular complexity index is 308. The molecule has 0 atom stereocenters. The van der Waals surface area contributed by atoms with Crippen molar-refractivity contribution in [2.45, 2.75) is 0 Å². The van der Waals surface area contributed by atoms with Crippen molar-refractivity contribution in [1.29, 1.82) is 0 Å². The molecule has 1 heterocycles. The smallest absolute Gasteiger partial charge is 0.457 e. The predicted molar refractivity (Wildman–Crippen MR) is 56.7 cm³/mol. The molecule has 6 heteroatoms. The summed E-state index contributed by atoms with van der Waals surface area (Å²) in [5.41, 5.74) is 2.00. The Morgan fingerprint density at radius 1 is 1.14 bits per heavy atom. The SMILES string of the molecule is C=Cc1ccc(B2O[B]O[B]O2)cc1. The summed E-state index contributed by atoms with van der Waals surface area (Å²) in [7, 11) is 2.08. The van der Waals surface area contributed by atoms with Gasteiger partial charge >= 0.3 is 22.5 Å². The van der Waals surface area contributed by atoms with Crippen molar-refractivity contribution in [3.63, 3.8) is 0 Å². The van der Waals surface area contributed by atoms with Crippen molar-refractivity contribution in [3.8, 4) is 0 Å². The van der Waals surface area contributed by atoms with Gasteiger partial charge in [0.05, 0.1) is 0 Å². The monoisotopic (exact) mass is 184 g/mol. The Morgan fingerprint density at radius 2 is 1.79 bits per heavy atom. The summed E-state index contributed by atoms with van der Waals surface area (Å²) in [4.78, 5) is 0. The minimum Gasteiger partial charge on any atom is -0.457 e. The second-order valence-corrected chi connectivity index (χ2v) is 2.80. The molecule has 0 aromatic heterocycles. The van der Waals surface area contributed by atoms with Crippen molar-refractivity contribution in [1.82, 2.24) is 0 Å². The third kappa shape index (κ3) is 2.09. The first kappa shape index (κ1) is 9.58. The molecule has 0 unspecified atom stereocenters. The van der Waals surface area contributed by atoms with E-state index in [0.717, 1.165) is 11.0 Å². The summed E-state index contributed by atoms with van der Waals surface area (Å²) in [5.74, 6) is 0. The lowest BCUT2D eigenvalue weighted by Crippen LogP contribution is -2.44. The van der Waals surface area contributed by atoms with Crippen LogP contribution in [0.1, 0.15) is 5.56 Å². The Hall–Kier alpha value is -0.965. The van der Waals surface area contributed by atoms with Crippen molar-refractivity contribution in [2.24, 2.45) is 0 Å². The van der Waals surface area contributed by atoms with Gasteiger partial charge in [0.25, 0.3) is 0 Å². The van der Waals surface area contributed by atoms with E-state index in [2.05, 4.69) is 11.2 Å². The van der Waals surface area contributed by atoms with Crippen molar-refractivity contribution >= 4 is 34.0 Å². The van der Waals surface area contributed by atoms with Gasteiger partial charge in [-0.3, -0.25) is 0 Å². The van der Waals surface area contributed by atoms with E-state index in [1.807, 2.05) is 24.3 Å². The topological polar surface area (TPSA) is 27.7 Å². The Morgan fingerprint density at radius 3 is 2.36 bits per heavy atom. The first-order valence-electron chi connectivity index (χ1n) is 4.22. The average molecular weight is 184 g/mol. The molecule has 2 rings (SSSR count). The van der Waals surface area contributed by atoms with Gasteiger partial charge in [0.2, 0.25) is 0 Å². The Balaban J connectivity index is 2.11. The number of rotatable bonds is 2. The van der Waals surface area contributed by atoms with E-state index in [0.29, 0.717) is 0 Å². The van der Waals surface area contributed by atoms with Gasteiger partial charge < -0.3 is 13.7 Å². The molecule has 1 saturated heterocycles. The van der Waals surface area contributed by atoms with Crippen LogP contribution < -0.4 is 5.46 Å². The third-order valence-corrected chi connectivity index (χ3v) is 1.91. The van der Waals surface area contributed by atoms with E-state index < -0.39 is 7.12 Å². The van der Waals surface area contributed by atoms with Gasteiger partial charge in [-0.25, -0.2) is 0 Å². The van der Waals surface area contributed by atoms with Gasteiger partial charge in [0.1, 0.15) is 0 Å². The lowest BCUT2D eigenvalue weighted by atomic mass is 9.75. The molecule has 14 heavy (non-hydrogen) atoms. The minimum absolute atomic E-state index is 0.414. The molecule has 1 aliphatic rings. The van der Waals surface area contributed by atoms with Crippen molar-refractivity contribution < 1.29 is 13.7 Å². The molecule has 0 N–H and O–H groups in total. The minimum atomic E-state index is -0.414. The molecule has 0 bridgehead atoms. The zero-order chi connectivity index (χ0) is 9.80. The fraction of sp³-hybridized carbons (Fsp3) is 0. The van der Waals surface area contributed by atoms with Crippen LogP contribution in [0, 0.1) is 0 Å². The summed E-state index contributed by atoms with van der Waals surface area (Å²) < 4.78 is 14.9. The molecule has 1 aliphatic heterocycles. The summed E-state index contributed by atoms with van der Waals surface area (Å²) in [6, 6.07) is 7.75. The van der Waals surface area contributed by atoms with Crippen LogP contribution in [0.15, 0.2) is 30.8 Å². The van der Waals surface area contributed by atoms with Gasteiger partial charge in [-0.2, -0.15) is 0 Å². The number of hydrogen-bond acceptors (Lipinski definition) is 3.